The van der Waals surface area contributed by atoms with Crippen molar-refractivity contribution < 1.29 is 13.2 Å². The molecule has 1 amide bonds. The molecule has 1 N–H and O–H groups in total. The second-order valence-corrected chi connectivity index (χ2v) is 9.48. The van der Waals surface area contributed by atoms with Crippen LogP contribution < -0.4 is 5.32 Å². The van der Waals surface area contributed by atoms with Gasteiger partial charge in [-0.25, -0.2) is 12.7 Å². The predicted octanol–water partition coefficient (Wildman–Crippen LogP) is 3.92. The van der Waals surface area contributed by atoms with E-state index in [9.17, 15) is 13.2 Å². The monoisotopic (exact) mass is 472 g/mol. The van der Waals surface area contributed by atoms with Gasteiger partial charge in [-0.3, -0.25) is 4.79 Å². The van der Waals surface area contributed by atoms with Gasteiger partial charge in [-0.05, 0) is 64.4 Å². The topological polar surface area (TPSA) is 66.5 Å². The van der Waals surface area contributed by atoms with Crippen LogP contribution in [0.1, 0.15) is 35.7 Å². The summed E-state index contributed by atoms with van der Waals surface area (Å²) in [7, 11) is -0.665. The molecule has 0 saturated heterocycles. The lowest BCUT2D eigenvalue weighted by atomic mass is 10.0. The lowest BCUT2D eigenvalue weighted by molar-refractivity contribution is 0.102. The summed E-state index contributed by atoms with van der Waals surface area (Å²) in [6, 6.07) is 12.2. The molecule has 0 spiro atoms. The van der Waals surface area contributed by atoms with Crippen LogP contribution in [0.3, 0.4) is 0 Å². The van der Waals surface area contributed by atoms with Crippen LogP contribution in [0.25, 0.3) is 0 Å². The molecular weight excluding hydrogens is 451 g/mol. The molecule has 0 radical (unpaired) electrons. The number of nitrogens with one attached hydrogen (secondary N) is 1. The van der Waals surface area contributed by atoms with E-state index in [0.717, 1.165) is 9.87 Å². The van der Waals surface area contributed by atoms with Gasteiger partial charge in [-0.2, -0.15) is 0 Å². The number of nitrogens with zero attached hydrogens (tertiary/aromatic N) is 1. The molecule has 0 saturated carbocycles. The van der Waals surface area contributed by atoms with Crippen LogP contribution in [0, 0.1) is 3.57 Å². The zero-order valence-electron chi connectivity index (χ0n) is 14.6. The summed E-state index contributed by atoms with van der Waals surface area (Å²) in [4.78, 5) is 12.7. The molecule has 5 nitrogen and oxygen atoms in total. The SMILES string of the molecule is CC(C)c1cccc(NC(=O)c2cc(S(=O)(=O)N(C)C)ccc2I)c1. The van der Waals surface area contributed by atoms with Crippen molar-refractivity contribution in [1.29, 1.82) is 0 Å². The van der Waals surface area contributed by atoms with Crippen molar-refractivity contribution in [2.24, 2.45) is 0 Å². The van der Waals surface area contributed by atoms with Crippen LogP contribution >= 0.6 is 22.6 Å². The molecular formula is C18H21IN2O3S. The first kappa shape index (κ1) is 19.9. The minimum Gasteiger partial charge on any atom is -0.322 e. The van der Waals surface area contributed by atoms with Gasteiger partial charge in [0, 0.05) is 23.4 Å². The number of benzene rings is 2. The Bertz CT molecular complexity index is 893. The first-order valence-electron chi connectivity index (χ1n) is 7.76. The van der Waals surface area contributed by atoms with E-state index in [2.05, 4.69) is 19.2 Å². The molecule has 7 heteroatoms. The van der Waals surface area contributed by atoms with Crippen LogP contribution in [0.5, 0.6) is 0 Å². The molecule has 0 fully saturated rings. The van der Waals surface area contributed by atoms with E-state index in [1.807, 2.05) is 46.9 Å². The first-order chi connectivity index (χ1) is 11.6. The molecule has 0 aliphatic carbocycles. The third-order valence-corrected chi connectivity index (χ3v) is 6.52. The Morgan fingerprint density at radius 1 is 1.12 bits per heavy atom. The van der Waals surface area contributed by atoms with Gasteiger partial charge in [-0.1, -0.05) is 26.0 Å². The molecule has 134 valence electrons. The van der Waals surface area contributed by atoms with E-state index in [-0.39, 0.29) is 10.8 Å². The van der Waals surface area contributed by atoms with Crippen molar-refractivity contribution in [2.45, 2.75) is 24.7 Å². The Labute approximate surface area is 162 Å². The van der Waals surface area contributed by atoms with E-state index in [1.165, 1.54) is 26.2 Å². The summed E-state index contributed by atoms with van der Waals surface area (Å²) < 4.78 is 26.4. The number of halogens is 1. The van der Waals surface area contributed by atoms with Crippen molar-refractivity contribution in [3.63, 3.8) is 0 Å². The van der Waals surface area contributed by atoms with E-state index in [4.69, 9.17) is 0 Å². The van der Waals surface area contributed by atoms with Crippen LogP contribution in [-0.2, 0) is 10.0 Å². The van der Waals surface area contributed by atoms with E-state index in [1.54, 1.807) is 6.07 Å². The first-order valence-corrected chi connectivity index (χ1v) is 10.3. The maximum Gasteiger partial charge on any atom is 0.256 e. The summed E-state index contributed by atoms with van der Waals surface area (Å²) in [6.07, 6.45) is 0. The fraction of sp³-hybridized carbons (Fsp3) is 0.278. The van der Waals surface area contributed by atoms with Gasteiger partial charge in [0.05, 0.1) is 10.5 Å². The van der Waals surface area contributed by atoms with Crippen molar-refractivity contribution >= 4 is 44.2 Å². The molecule has 0 aromatic heterocycles. The fourth-order valence-corrected chi connectivity index (χ4v) is 3.73. The Morgan fingerprint density at radius 2 is 1.80 bits per heavy atom. The average Bonchev–Trinajstić information content (AvgIpc) is 2.55. The minimum absolute atomic E-state index is 0.0963. The van der Waals surface area contributed by atoms with Gasteiger partial charge in [-0.15, -0.1) is 0 Å². The standard InChI is InChI=1S/C18H21IN2O3S/c1-12(2)13-6-5-7-14(10-13)20-18(22)16-11-15(8-9-17(16)19)25(23,24)21(3)4/h5-12H,1-4H3,(H,20,22). The zero-order valence-corrected chi connectivity index (χ0v) is 17.6. The van der Waals surface area contributed by atoms with E-state index in [0.29, 0.717) is 20.7 Å². The van der Waals surface area contributed by atoms with E-state index >= 15 is 0 Å². The van der Waals surface area contributed by atoms with Gasteiger partial charge in [0.1, 0.15) is 0 Å². The van der Waals surface area contributed by atoms with Crippen molar-refractivity contribution in [3.8, 4) is 0 Å². The number of anilines is 1. The molecule has 0 aliphatic heterocycles. The highest BCUT2D eigenvalue weighted by Gasteiger charge is 2.20. The zero-order chi connectivity index (χ0) is 18.8. The average molecular weight is 472 g/mol. The smallest absolute Gasteiger partial charge is 0.256 e. The summed E-state index contributed by atoms with van der Waals surface area (Å²) in [5.74, 6) is 0.0201. The molecule has 2 aromatic carbocycles. The number of hydrogen-bond acceptors (Lipinski definition) is 3. The van der Waals surface area contributed by atoms with Gasteiger partial charge in [0.15, 0.2) is 0 Å². The molecule has 2 aromatic rings. The van der Waals surface area contributed by atoms with Gasteiger partial charge < -0.3 is 5.32 Å². The highest BCUT2D eigenvalue weighted by molar-refractivity contribution is 14.1. The Morgan fingerprint density at radius 3 is 2.40 bits per heavy atom. The lowest BCUT2D eigenvalue weighted by Crippen LogP contribution is -2.23. The molecule has 2 rings (SSSR count). The van der Waals surface area contributed by atoms with E-state index < -0.39 is 10.0 Å². The summed E-state index contributed by atoms with van der Waals surface area (Å²) in [6.45, 7) is 4.17. The third kappa shape index (κ3) is 4.59. The largest absolute Gasteiger partial charge is 0.322 e. The normalized spacial score (nSPS) is 11.8. The lowest BCUT2D eigenvalue weighted by Gasteiger charge is -2.14. The Hall–Kier alpha value is -1.45. The number of amides is 1. The van der Waals surface area contributed by atoms with Crippen molar-refractivity contribution in [3.05, 3.63) is 57.2 Å². The predicted molar refractivity (Wildman–Crippen MR) is 109 cm³/mol. The number of carbonyl (C=O) groups is 1. The second-order valence-electron chi connectivity index (χ2n) is 6.16. The summed E-state index contributed by atoms with van der Waals surface area (Å²) >= 11 is 2.03. The molecule has 0 aliphatic rings. The van der Waals surface area contributed by atoms with Crippen LogP contribution in [0.15, 0.2) is 47.4 Å². The number of sulfonamides is 1. The van der Waals surface area contributed by atoms with Crippen molar-refractivity contribution in [1.82, 2.24) is 4.31 Å². The molecule has 0 heterocycles. The Kier molecular flexibility index (Phi) is 6.23. The maximum absolute atomic E-state index is 12.6. The third-order valence-electron chi connectivity index (χ3n) is 3.77. The van der Waals surface area contributed by atoms with Gasteiger partial charge in [0.25, 0.3) is 5.91 Å². The molecule has 25 heavy (non-hydrogen) atoms. The van der Waals surface area contributed by atoms with Crippen LogP contribution in [0.4, 0.5) is 5.69 Å². The second kappa shape index (κ2) is 7.84. The quantitative estimate of drug-likeness (QED) is 0.672. The van der Waals surface area contributed by atoms with Crippen LogP contribution in [-0.4, -0.2) is 32.7 Å². The van der Waals surface area contributed by atoms with Gasteiger partial charge in [0.2, 0.25) is 10.0 Å². The maximum atomic E-state index is 12.6. The van der Waals surface area contributed by atoms with Gasteiger partial charge >= 0.3 is 0 Å². The number of carbonyl (C=O) groups excluding carboxylic acids is 1. The highest BCUT2D eigenvalue weighted by Crippen LogP contribution is 2.23. The molecule has 0 atom stereocenters. The summed E-state index contributed by atoms with van der Waals surface area (Å²) in [5, 5.41) is 2.85. The fourth-order valence-electron chi connectivity index (χ4n) is 2.22. The molecule has 0 unspecified atom stereocenters. The number of hydrogen-bond donors (Lipinski definition) is 1. The minimum atomic E-state index is -3.59. The highest BCUT2D eigenvalue weighted by atomic mass is 127. The summed E-state index contributed by atoms with van der Waals surface area (Å²) in [5.41, 5.74) is 2.14. The Balaban J connectivity index is 2.35. The number of rotatable bonds is 5. The van der Waals surface area contributed by atoms with Crippen LogP contribution in [0.2, 0.25) is 0 Å². The molecule has 0 bridgehead atoms. The van der Waals surface area contributed by atoms with Crippen molar-refractivity contribution in [2.75, 3.05) is 19.4 Å².